The summed E-state index contributed by atoms with van der Waals surface area (Å²) in [4.78, 5) is 11.6. The summed E-state index contributed by atoms with van der Waals surface area (Å²) in [6, 6.07) is 4.97. The third kappa shape index (κ3) is 2.34. The molecule has 0 aliphatic heterocycles. The molecule has 0 aliphatic rings. The lowest BCUT2D eigenvalue weighted by Crippen LogP contribution is -2.13. The summed E-state index contributed by atoms with van der Waals surface area (Å²) in [5.74, 6) is -0.258. The van der Waals surface area contributed by atoms with Gasteiger partial charge in [-0.25, -0.2) is 4.39 Å². The van der Waals surface area contributed by atoms with Crippen molar-refractivity contribution in [1.82, 2.24) is 0 Å². The Labute approximate surface area is 95.4 Å². The minimum Gasteiger partial charge on any atom is -0.292 e. The van der Waals surface area contributed by atoms with Crippen LogP contribution in [0.25, 0.3) is 0 Å². The van der Waals surface area contributed by atoms with Crippen LogP contribution in [0.3, 0.4) is 0 Å². The SMILES string of the molecule is CC(Cl)C(=O)c1c(Br)cccc1CF. The van der Waals surface area contributed by atoms with E-state index in [-0.39, 0.29) is 5.78 Å². The van der Waals surface area contributed by atoms with Crippen molar-refractivity contribution in [2.45, 2.75) is 19.0 Å². The molecule has 0 aromatic heterocycles. The molecule has 1 atom stereocenters. The molecular weight excluding hydrogens is 270 g/mol. The largest absolute Gasteiger partial charge is 0.292 e. The topological polar surface area (TPSA) is 17.1 Å². The third-order valence-corrected chi connectivity index (χ3v) is 2.71. The number of Topliss-reactive ketones (excluding diaryl/α,β-unsaturated/α-hetero) is 1. The Bertz CT molecular complexity index is 352. The van der Waals surface area contributed by atoms with Crippen molar-refractivity contribution in [3.8, 4) is 0 Å². The quantitative estimate of drug-likeness (QED) is 0.609. The van der Waals surface area contributed by atoms with Gasteiger partial charge in [-0.2, -0.15) is 0 Å². The third-order valence-electron chi connectivity index (χ3n) is 1.85. The molecule has 1 unspecified atom stereocenters. The van der Waals surface area contributed by atoms with Gasteiger partial charge >= 0.3 is 0 Å². The second kappa shape index (κ2) is 4.89. The summed E-state index contributed by atoms with van der Waals surface area (Å²) in [5.41, 5.74) is 0.717. The minimum atomic E-state index is -0.663. The van der Waals surface area contributed by atoms with E-state index in [9.17, 15) is 9.18 Å². The Morgan fingerprint density at radius 2 is 2.29 bits per heavy atom. The molecule has 0 heterocycles. The average molecular weight is 280 g/mol. The first kappa shape index (κ1) is 11.7. The van der Waals surface area contributed by atoms with Crippen molar-refractivity contribution < 1.29 is 9.18 Å². The highest BCUT2D eigenvalue weighted by molar-refractivity contribution is 9.10. The van der Waals surface area contributed by atoms with E-state index >= 15 is 0 Å². The van der Waals surface area contributed by atoms with Gasteiger partial charge in [-0.05, 0) is 18.6 Å². The van der Waals surface area contributed by atoms with Crippen LogP contribution >= 0.6 is 27.5 Å². The van der Waals surface area contributed by atoms with Crippen LogP contribution in [0, 0.1) is 0 Å². The second-order valence-electron chi connectivity index (χ2n) is 2.89. The van der Waals surface area contributed by atoms with Gasteiger partial charge in [-0.1, -0.05) is 28.1 Å². The number of ketones is 1. The normalized spacial score (nSPS) is 12.6. The molecule has 0 aliphatic carbocycles. The summed E-state index contributed by atoms with van der Waals surface area (Å²) >= 11 is 8.88. The lowest BCUT2D eigenvalue weighted by molar-refractivity contribution is 0.0989. The van der Waals surface area contributed by atoms with Gasteiger partial charge in [0.05, 0.1) is 5.38 Å². The van der Waals surface area contributed by atoms with Crippen LogP contribution in [0.1, 0.15) is 22.8 Å². The summed E-state index contributed by atoms with van der Waals surface area (Å²) in [6.07, 6.45) is 0. The fraction of sp³-hybridized carbons (Fsp3) is 0.300. The molecule has 0 amide bonds. The number of carbonyl (C=O) groups is 1. The van der Waals surface area contributed by atoms with Gasteiger partial charge in [-0.3, -0.25) is 4.79 Å². The highest BCUT2D eigenvalue weighted by Gasteiger charge is 2.18. The summed E-state index contributed by atoms with van der Waals surface area (Å²) in [7, 11) is 0. The Morgan fingerprint density at radius 1 is 1.64 bits per heavy atom. The fourth-order valence-electron chi connectivity index (χ4n) is 1.15. The Morgan fingerprint density at radius 3 is 2.79 bits per heavy atom. The van der Waals surface area contributed by atoms with Gasteiger partial charge in [0.15, 0.2) is 5.78 Å². The van der Waals surface area contributed by atoms with Gasteiger partial charge in [-0.15, -0.1) is 11.6 Å². The summed E-state index contributed by atoms with van der Waals surface area (Å²) in [5, 5.41) is -0.640. The molecule has 1 aromatic carbocycles. The molecule has 4 heteroatoms. The van der Waals surface area contributed by atoms with Crippen LogP contribution < -0.4 is 0 Å². The van der Waals surface area contributed by atoms with Crippen molar-refractivity contribution in [1.29, 1.82) is 0 Å². The molecule has 14 heavy (non-hydrogen) atoms. The molecule has 0 spiro atoms. The molecule has 0 bridgehead atoms. The van der Waals surface area contributed by atoms with E-state index in [1.165, 1.54) is 0 Å². The van der Waals surface area contributed by atoms with E-state index in [2.05, 4.69) is 15.9 Å². The average Bonchev–Trinajstić information content (AvgIpc) is 2.16. The first-order valence-electron chi connectivity index (χ1n) is 4.09. The van der Waals surface area contributed by atoms with Crippen LogP contribution in [0.4, 0.5) is 4.39 Å². The second-order valence-corrected chi connectivity index (χ2v) is 4.40. The number of benzene rings is 1. The molecular formula is C10H9BrClFO. The highest BCUT2D eigenvalue weighted by atomic mass is 79.9. The van der Waals surface area contributed by atoms with Crippen molar-refractivity contribution in [3.05, 3.63) is 33.8 Å². The Hall–Kier alpha value is -0.410. The van der Waals surface area contributed by atoms with E-state index in [1.54, 1.807) is 25.1 Å². The van der Waals surface area contributed by atoms with E-state index in [0.717, 1.165) is 0 Å². The first-order valence-corrected chi connectivity index (χ1v) is 5.32. The van der Waals surface area contributed by atoms with Crippen molar-refractivity contribution in [2.24, 2.45) is 0 Å². The molecule has 76 valence electrons. The maximum absolute atomic E-state index is 12.6. The number of alkyl halides is 2. The standard InChI is InChI=1S/C10H9BrClFO/c1-6(12)10(14)9-7(5-13)3-2-4-8(9)11/h2-4,6H,5H2,1H3. The van der Waals surface area contributed by atoms with Crippen LogP contribution in [0.2, 0.25) is 0 Å². The van der Waals surface area contributed by atoms with E-state index in [1.807, 2.05) is 0 Å². The predicted molar refractivity (Wildman–Crippen MR) is 58.6 cm³/mol. The van der Waals surface area contributed by atoms with Gasteiger partial charge < -0.3 is 0 Å². The van der Waals surface area contributed by atoms with Crippen molar-refractivity contribution in [2.75, 3.05) is 0 Å². The van der Waals surface area contributed by atoms with Crippen molar-refractivity contribution >= 4 is 33.3 Å². The van der Waals surface area contributed by atoms with Gasteiger partial charge in [0, 0.05) is 10.0 Å². The number of halogens is 3. The maximum Gasteiger partial charge on any atom is 0.181 e. The van der Waals surface area contributed by atoms with Gasteiger partial charge in [0.2, 0.25) is 0 Å². The highest BCUT2D eigenvalue weighted by Crippen LogP contribution is 2.24. The lowest BCUT2D eigenvalue weighted by atomic mass is 10.0. The number of carbonyl (C=O) groups excluding carboxylic acids is 1. The number of hydrogen-bond donors (Lipinski definition) is 0. The molecule has 0 fully saturated rings. The number of hydrogen-bond acceptors (Lipinski definition) is 1. The first-order chi connectivity index (χ1) is 6.57. The molecule has 1 rings (SSSR count). The molecule has 1 nitrogen and oxygen atoms in total. The smallest absolute Gasteiger partial charge is 0.181 e. The van der Waals surface area contributed by atoms with Gasteiger partial charge in [0.1, 0.15) is 6.67 Å². The zero-order chi connectivity index (χ0) is 10.7. The van der Waals surface area contributed by atoms with Crippen LogP contribution in [-0.4, -0.2) is 11.2 Å². The summed E-state index contributed by atoms with van der Waals surface area (Å²) in [6.45, 7) is 0.912. The van der Waals surface area contributed by atoms with Crippen LogP contribution in [0.15, 0.2) is 22.7 Å². The molecule has 0 N–H and O–H groups in total. The molecule has 0 saturated carbocycles. The minimum absolute atomic E-state index is 0.258. The van der Waals surface area contributed by atoms with Gasteiger partial charge in [0.25, 0.3) is 0 Å². The Balaban J connectivity index is 3.23. The summed E-state index contributed by atoms with van der Waals surface area (Å²) < 4.78 is 13.2. The fourth-order valence-corrected chi connectivity index (χ4v) is 1.87. The lowest BCUT2D eigenvalue weighted by Gasteiger charge is -2.09. The Kier molecular flexibility index (Phi) is 4.08. The molecule has 0 radical (unpaired) electrons. The molecule has 1 aromatic rings. The van der Waals surface area contributed by atoms with Crippen LogP contribution in [0.5, 0.6) is 0 Å². The van der Waals surface area contributed by atoms with Crippen molar-refractivity contribution in [3.63, 3.8) is 0 Å². The van der Waals surface area contributed by atoms with Crippen LogP contribution in [-0.2, 0) is 6.67 Å². The monoisotopic (exact) mass is 278 g/mol. The zero-order valence-electron chi connectivity index (χ0n) is 7.56. The van der Waals surface area contributed by atoms with E-state index in [4.69, 9.17) is 11.6 Å². The predicted octanol–water partition coefficient (Wildman–Crippen LogP) is 3.73. The maximum atomic E-state index is 12.6. The zero-order valence-corrected chi connectivity index (χ0v) is 9.90. The van der Waals surface area contributed by atoms with E-state index in [0.29, 0.717) is 15.6 Å². The molecule has 0 saturated heterocycles. The number of rotatable bonds is 3. The van der Waals surface area contributed by atoms with E-state index < -0.39 is 12.1 Å².